The smallest absolute Gasteiger partial charge is 0.338 e. The lowest BCUT2D eigenvalue weighted by Crippen LogP contribution is -2.12. The molecule has 1 heterocycles. The normalized spacial score (nSPS) is 10.6. The van der Waals surface area contributed by atoms with Gasteiger partial charge in [-0.3, -0.25) is 9.78 Å². The van der Waals surface area contributed by atoms with Gasteiger partial charge in [-0.1, -0.05) is 35.9 Å². The number of esters is 1. The number of ketones is 1. The Balaban J connectivity index is 1.37. The zero-order valence-electron chi connectivity index (χ0n) is 25.0. The van der Waals surface area contributed by atoms with Crippen molar-refractivity contribution in [2.75, 3.05) is 26.2 Å². The summed E-state index contributed by atoms with van der Waals surface area (Å²) in [4.78, 5) is 33.1. The molecular formula is C36H31ClN2O6. The van der Waals surface area contributed by atoms with Crippen LogP contribution in [0.15, 0.2) is 109 Å². The van der Waals surface area contributed by atoms with Crippen LogP contribution in [0.5, 0.6) is 17.2 Å². The standard InChI is InChI=1S/C36H31ClN2O6/c1-39(29-10-8-28(37)9-11-29)30-12-17-34(38-21-30)35(40)26-18-27(36(41)45-23-25-6-15-32(43-3)16-7-25)20-33(19-26)44-22-24-4-13-31(42-2)14-5-24/h4-21H,22-23H2,1-3H3. The molecule has 0 saturated carbocycles. The molecule has 1 aromatic heterocycles. The number of carbonyl (C=O) groups is 2. The summed E-state index contributed by atoms with van der Waals surface area (Å²) in [6, 6.07) is 30.2. The Bertz CT molecular complexity index is 1760. The predicted molar refractivity (Wildman–Crippen MR) is 173 cm³/mol. The number of aromatic nitrogens is 1. The first-order valence-corrected chi connectivity index (χ1v) is 14.4. The highest BCUT2D eigenvalue weighted by Gasteiger charge is 2.18. The summed E-state index contributed by atoms with van der Waals surface area (Å²) in [7, 11) is 5.08. The van der Waals surface area contributed by atoms with E-state index in [1.165, 1.54) is 6.07 Å². The number of hydrogen-bond acceptors (Lipinski definition) is 8. The third-order valence-corrected chi connectivity index (χ3v) is 7.33. The van der Waals surface area contributed by atoms with Crippen LogP contribution in [-0.4, -0.2) is 38.0 Å². The van der Waals surface area contributed by atoms with E-state index in [9.17, 15) is 9.59 Å². The van der Waals surface area contributed by atoms with Crippen LogP contribution in [0.25, 0.3) is 0 Å². The second-order valence-corrected chi connectivity index (χ2v) is 10.5. The summed E-state index contributed by atoms with van der Waals surface area (Å²) in [6.45, 7) is 0.263. The minimum Gasteiger partial charge on any atom is -0.497 e. The first kappa shape index (κ1) is 31.1. The van der Waals surface area contributed by atoms with Crippen LogP contribution in [0, 0.1) is 0 Å². The second-order valence-electron chi connectivity index (χ2n) is 10.1. The number of pyridine rings is 1. The van der Waals surface area contributed by atoms with Gasteiger partial charge < -0.3 is 23.8 Å². The van der Waals surface area contributed by atoms with E-state index >= 15 is 0 Å². The van der Waals surface area contributed by atoms with Crippen LogP contribution in [0.4, 0.5) is 11.4 Å². The van der Waals surface area contributed by atoms with Crippen LogP contribution in [0.3, 0.4) is 0 Å². The zero-order valence-corrected chi connectivity index (χ0v) is 25.8. The van der Waals surface area contributed by atoms with Crippen LogP contribution in [0.2, 0.25) is 5.02 Å². The van der Waals surface area contributed by atoms with Gasteiger partial charge in [0.15, 0.2) is 0 Å². The number of hydrogen-bond donors (Lipinski definition) is 0. The topological polar surface area (TPSA) is 87.2 Å². The average Bonchev–Trinajstić information content (AvgIpc) is 3.09. The number of rotatable bonds is 12. The molecule has 0 bridgehead atoms. The Hall–Kier alpha value is -5.34. The van der Waals surface area contributed by atoms with Gasteiger partial charge >= 0.3 is 5.97 Å². The Kier molecular flexibility index (Phi) is 9.97. The van der Waals surface area contributed by atoms with E-state index in [4.69, 9.17) is 30.5 Å². The molecule has 0 aliphatic rings. The summed E-state index contributed by atoms with van der Waals surface area (Å²) in [5.41, 5.74) is 4.02. The maximum atomic E-state index is 13.6. The van der Waals surface area contributed by atoms with Crippen LogP contribution in [0.1, 0.15) is 37.5 Å². The van der Waals surface area contributed by atoms with Gasteiger partial charge in [0.2, 0.25) is 5.78 Å². The van der Waals surface area contributed by atoms with Gasteiger partial charge in [-0.15, -0.1) is 0 Å². The predicted octanol–water partition coefficient (Wildman–Crippen LogP) is 7.69. The molecule has 0 unspecified atom stereocenters. The molecule has 0 aliphatic carbocycles. The SMILES string of the molecule is COc1ccc(COC(=O)c2cc(OCc3ccc(OC)cc3)cc(C(=O)c3ccc(N(C)c4ccc(Cl)cc4)cn3)c2)cc1. The molecule has 228 valence electrons. The van der Waals surface area contributed by atoms with Crippen LogP contribution in [-0.2, 0) is 18.0 Å². The number of ether oxygens (including phenoxy) is 4. The summed E-state index contributed by atoms with van der Waals surface area (Å²) < 4.78 is 22.0. The number of methoxy groups -OCH3 is 2. The van der Waals surface area contributed by atoms with Crippen molar-refractivity contribution in [3.05, 3.63) is 142 Å². The molecule has 0 spiro atoms. The van der Waals surface area contributed by atoms with Gasteiger partial charge in [0.05, 0.1) is 31.7 Å². The lowest BCUT2D eigenvalue weighted by Gasteiger charge is -2.19. The average molecular weight is 623 g/mol. The fraction of sp³-hybridized carbons (Fsp3) is 0.139. The number of benzene rings is 4. The van der Waals surface area contributed by atoms with Crippen molar-refractivity contribution in [1.82, 2.24) is 4.98 Å². The number of halogens is 1. The summed E-state index contributed by atoms with van der Waals surface area (Å²) in [6.07, 6.45) is 1.62. The third-order valence-electron chi connectivity index (χ3n) is 7.08. The van der Waals surface area contributed by atoms with Gasteiger partial charge in [-0.05, 0) is 90.0 Å². The molecule has 0 aliphatic heterocycles. The fourth-order valence-corrected chi connectivity index (χ4v) is 4.58. The van der Waals surface area contributed by atoms with E-state index < -0.39 is 5.97 Å². The molecule has 9 heteroatoms. The van der Waals surface area contributed by atoms with Crippen LogP contribution >= 0.6 is 11.6 Å². The number of anilines is 2. The van der Waals surface area contributed by atoms with Crippen molar-refractivity contribution in [2.45, 2.75) is 13.2 Å². The molecule has 45 heavy (non-hydrogen) atoms. The van der Waals surface area contributed by atoms with Gasteiger partial charge in [-0.25, -0.2) is 4.79 Å². The van der Waals surface area contributed by atoms with E-state index in [-0.39, 0.29) is 35.8 Å². The molecule has 0 atom stereocenters. The summed E-state index contributed by atoms with van der Waals surface area (Å²) in [5, 5.41) is 0.644. The molecule has 8 nitrogen and oxygen atoms in total. The molecule has 4 aromatic carbocycles. The molecule has 0 fully saturated rings. The molecule has 0 N–H and O–H groups in total. The Labute approximate surface area is 266 Å². The van der Waals surface area contributed by atoms with E-state index in [0.29, 0.717) is 16.5 Å². The Morgan fingerprint density at radius 3 is 1.84 bits per heavy atom. The monoisotopic (exact) mass is 622 g/mol. The maximum absolute atomic E-state index is 13.6. The van der Waals surface area contributed by atoms with E-state index in [1.54, 1.807) is 50.7 Å². The quantitative estimate of drug-likeness (QED) is 0.103. The zero-order chi connectivity index (χ0) is 31.8. The lowest BCUT2D eigenvalue weighted by atomic mass is 10.0. The number of carbonyl (C=O) groups excluding carboxylic acids is 2. The second kappa shape index (κ2) is 14.4. The summed E-state index contributed by atoms with van der Waals surface area (Å²) >= 11 is 6.02. The van der Waals surface area contributed by atoms with Crippen molar-refractivity contribution < 1.29 is 28.5 Å². The molecule has 0 radical (unpaired) electrons. The number of nitrogens with zero attached hydrogens (tertiary/aromatic N) is 2. The van der Waals surface area contributed by atoms with Gasteiger partial charge in [-0.2, -0.15) is 0 Å². The van der Waals surface area contributed by atoms with Crippen LogP contribution < -0.4 is 19.1 Å². The molecule has 0 saturated heterocycles. The first-order valence-electron chi connectivity index (χ1n) is 14.0. The third kappa shape index (κ3) is 7.99. The Morgan fingerprint density at radius 2 is 1.27 bits per heavy atom. The van der Waals surface area contributed by atoms with Crippen molar-refractivity contribution in [3.63, 3.8) is 0 Å². The summed E-state index contributed by atoms with van der Waals surface area (Å²) in [5.74, 6) is 0.809. The van der Waals surface area contributed by atoms with Gasteiger partial charge in [0, 0.05) is 23.3 Å². The van der Waals surface area contributed by atoms with Gasteiger partial charge in [0.25, 0.3) is 0 Å². The molecule has 5 rings (SSSR count). The Morgan fingerprint density at radius 1 is 0.689 bits per heavy atom. The van der Waals surface area contributed by atoms with Crippen molar-refractivity contribution >= 4 is 34.7 Å². The first-order chi connectivity index (χ1) is 21.8. The molecule has 0 amide bonds. The van der Waals surface area contributed by atoms with Crippen molar-refractivity contribution in [3.8, 4) is 17.2 Å². The van der Waals surface area contributed by atoms with E-state index in [2.05, 4.69) is 4.98 Å². The fourth-order valence-electron chi connectivity index (χ4n) is 4.45. The van der Waals surface area contributed by atoms with Crippen molar-refractivity contribution in [1.29, 1.82) is 0 Å². The van der Waals surface area contributed by atoms with E-state index in [0.717, 1.165) is 28.3 Å². The highest BCUT2D eigenvalue weighted by atomic mass is 35.5. The maximum Gasteiger partial charge on any atom is 0.338 e. The molecule has 5 aromatic rings. The van der Waals surface area contributed by atoms with Crippen molar-refractivity contribution in [2.24, 2.45) is 0 Å². The minimum atomic E-state index is -0.595. The van der Waals surface area contributed by atoms with Gasteiger partial charge in [0.1, 0.15) is 36.2 Å². The minimum absolute atomic E-state index is 0.0488. The highest BCUT2D eigenvalue weighted by Crippen LogP contribution is 2.26. The molecular weight excluding hydrogens is 592 g/mol. The highest BCUT2D eigenvalue weighted by molar-refractivity contribution is 6.30. The van der Waals surface area contributed by atoms with E-state index in [1.807, 2.05) is 78.7 Å². The largest absolute Gasteiger partial charge is 0.497 e. The lowest BCUT2D eigenvalue weighted by molar-refractivity contribution is 0.0472.